The van der Waals surface area contributed by atoms with Gasteiger partial charge in [-0.1, -0.05) is 13.8 Å². The van der Waals surface area contributed by atoms with Crippen molar-refractivity contribution in [1.82, 2.24) is 14.9 Å². The summed E-state index contributed by atoms with van der Waals surface area (Å²) >= 11 is 0. The van der Waals surface area contributed by atoms with E-state index in [1.807, 2.05) is 13.0 Å². The second kappa shape index (κ2) is 7.03. The van der Waals surface area contributed by atoms with Gasteiger partial charge in [0, 0.05) is 25.6 Å². The lowest BCUT2D eigenvalue weighted by Gasteiger charge is -2.14. The van der Waals surface area contributed by atoms with Crippen LogP contribution in [0.1, 0.15) is 19.7 Å². The van der Waals surface area contributed by atoms with Gasteiger partial charge in [0.15, 0.2) is 0 Å². The van der Waals surface area contributed by atoms with Crippen molar-refractivity contribution >= 4 is 11.6 Å². The van der Waals surface area contributed by atoms with Gasteiger partial charge in [0.05, 0.1) is 0 Å². The molecule has 0 aliphatic carbocycles. The third-order valence-electron chi connectivity index (χ3n) is 2.58. The number of nitrogens with zero attached hydrogens (tertiary/aromatic N) is 3. The lowest BCUT2D eigenvalue weighted by Crippen LogP contribution is -2.25. The van der Waals surface area contributed by atoms with Crippen LogP contribution in [0.25, 0.3) is 0 Å². The van der Waals surface area contributed by atoms with E-state index in [4.69, 9.17) is 5.84 Å². The van der Waals surface area contributed by atoms with Crippen LogP contribution >= 0.6 is 0 Å². The SMILES string of the molecule is CCc1nc(NN)cc(NCCN(C)CC)n1. The highest BCUT2D eigenvalue weighted by Crippen LogP contribution is 2.10. The minimum Gasteiger partial charge on any atom is -0.369 e. The molecule has 0 bridgehead atoms. The van der Waals surface area contributed by atoms with Crippen LogP contribution in [0.4, 0.5) is 11.6 Å². The molecule has 0 saturated carbocycles. The number of hydrogen-bond acceptors (Lipinski definition) is 6. The van der Waals surface area contributed by atoms with Gasteiger partial charge in [0.25, 0.3) is 0 Å². The van der Waals surface area contributed by atoms with Crippen LogP contribution < -0.4 is 16.6 Å². The molecule has 0 aromatic carbocycles. The molecule has 1 aromatic rings. The van der Waals surface area contributed by atoms with Crippen LogP contribution in [0.3, 0.4) is 0 Å². The Balaban J connectivity index is 2.57. The number of anilines is 2. The average Bonchev–Trinajstić information content (AvgIpc) is 2.37. The summed E-state index contributed by atoms with van der Waals surface area (Å²) in [5.74, 6) is 7.60. The molecule has 0 atom stereocenters. The predicted molar refractivity (Wildman–Crippen MR) is 70.9 cm³/mol. The summed E-state index contributed by atoms with van der Waals surface area (Å²) in [5, 5.41) is 3.27. The first-order chi connectivity index (χ1) is 8.19. The molecule has 6 heteroatoms. The Bertz CT molecular complexity index is 318. The van der Waals surface area contributed by atoms with Gasteiger partial charge in [-0.3, -0.25) is 0 Å². The van der Waals surface area contributed by atoms with E-state index in [0.29, 0.717) is 5.82 Å². The third kappa shape index (κ3) is 4.54. The van der Waals surface area contributed by atoms with Crippen molar-refractivity contribution in [2.75, 3.05) is 37.4 Å². The Kier molecular flexibility index (Phi) is 5.65. The molecule has 0 spiro atoms. The first kappa shape index (κ1) is 13.7. The molecule has 0 amide bonds. The van der Waals surface area contributed by atoms with Crippen LogP contribution in [-0.2, 0) is 6.42 Å². The largest absolute Gasteiger partial charge is 0.369 e. The van der Waals surface area contributed by atoms with Gasteiger partial charge in [0.2, 0.25) is 0 Å². The second-order valence-electron chi connectivity index (χ2n) is 3.88. The van der Waals surface area contributed by atoms with Crippen molar-refractivity contribution in [3.05, 3.63) is 11.9 Å². The first-order valence-electron chi connectivity index (χ1n) is 5.96. The van der Waals surface area contributed by atoms with E-state index < -0.39 is 0 Å². The Morgan fingerprint density at radius 2 is 2.00 bits per heavy atom. The zero-order valence-electron chi connectivity index (χ0n) is 10.8. The number of aromatic nitrogens is 2. The lowest BCUT2D eigenvalue weighted by molar-refractivity contribution is 0.367. The normalized spacial score (nSPS) is 10.6. The van der Waals surface area contributed by atoms with Crippen LogP contribution in [0.5, 0.6) is 0 Å². The molecular weight excluding hydrogens is 216 g/mol. The van der Waals surface area contributed by atoms with Gasteiger partial charge in [-0.2, -0.15) is 0 Å². The van der Waals surface area contributed by atoms with Gasteiger partial charge in [-0.15, -0.1) is 0 Å². The first-order valence-corrected chi connectivity index (χ1v) is 5.96. The number of aryl methyl sites for hydroxylation is 1. The van der Waals surface area contributed by atoms with E-state index in [1.54, 1.807) is 0 Å². The number of likely N-dealkylation sites (N-methyl/N-ethyl adjacent to an activating group) is 1. The summed E-state index contributed by atoms with van der Waals surface area (Å²) in [6.45, 7) is 7.03. The van der Waals surface area contributed by atoms with E-state index in [9.17, 15) is 0 Å². The van der Waals surface area contributed by atoms with Crippen LogP contribution in [0.15, 0.2) is 6.07 Å². The number of nitrogens with one attached hydrogen (secondary N) is 2. The molecule has 1 aromatic heterocycles. The third-order valence-corrected chi connectivity index (χ3v) is 2.58. The fraction of sp³-hybridized carbons (Fsp3) is 0.636. The maximum absolute atomic E-state index is 5.36. The highest BCUT2D eigenvalue weighted by atomic mass is 15.3. The fourth-order valence-corrected chi connectivity index (χ4v) is 1.35. The van der Waals surface area contributed by atoms with Gasteiger partial charge < -0.3 is 15.6 Å². The summed E-state index contributed by atoms with van der Waals surface area (Å²) in [7, 11) is 2.09. The minimum atomic E-state index is 0.642. The van der Waals surface area contributed by atoms with Crippen LogP contribution in [0.2, 0.25) is 0 Å². The summed E-state index contributed by atoms with van der Waals surface area (Å²) < 4.78 is 0. The van der Waals surface area contributed by atoms with Crippen molar-refractivity contribution < 1.29 is 0 Å². The second-order valence-corrected chi connectivity index (χ2v) is 3.88. The van der Waals surface area contributed by atoms with Crippen molar-refractivity contribution in [1.29, 1.82) is 0 Å². The molecule has 1 rings (SSSR count). The van der Waals surface area contributed by atoms with Gasteiger partial charge in [-0.25, -0.2) is 15.8 Å². The van der Waals surface area contributed by atoms with Crippen molar-refractivity contribution in [3.8, 4) is 0 Å². The van der Waals surface area contributed by atoms with Gasteiger partial charge in [-0.05, 0) is 13.6 Å². The predicted octanol–water partition coefficient (Wildman–Crippen LogP) is 0.688. The van der Waals surface area contributed by atoms with E-state index >= 15 is 0 Å². The van der Waals surface area contributed by atoms with Crippen molar-refractivity contribution in [3.63, 3.8) is 0 Å². The zero-order chi connectivity index (χ0) is 12.7. The summed E-state index contributed by atoms with van der Waals surface area (Å²) in [4.78, 5) is 10.9. The van der Waals surface area contributed by atoms with E-state index in [1.165, 1.54) is 0 Å². The number of hydrogen-bond donors (Lipinski definition) is 3. The van der Waals surface area contributed by atoms with Crippen LogP contribution in [-0.4, -0.2) is 41.5 Å². The van der Waals surface area contributed by atoms with Crippen LogP contribution in [0, 0.1) is 0 Å². The maximum atomic E-state index is 5.36. The van der Waals surface area contributed by atoms with Gasteiger partial charge in [0.1, 0.15) is 17.5 Å². The highest BCUT2D eigenvalue weighted by molar-refractivity contribution is 5.46. The fourth-order valence-electron chi connectivity index (χ4n) is 1.35. The topological polar surface area (TPSA) is 79.1 Å². The monoisotopic (exact) mass is 238 g/mol. The Hall–Kier alpha value is -1.40. The summed E-state index contributed by atoms with van der Waals surface area (Å²) in [5.41, 5.74) is 2.55. The summed E-state index contributed by atoms with van der Waals surface area (Å²) in [6.07, 6.45) is 0.791. The smallest absolute Gasteiger partial charge is 0.145 e. The molecule has 1 heterocycles. The summed E-state index contributed by atoms with van der Waals surface area (Å²) in [6, 6.07) is 1.81. The molecule has 0 unspecified atom stereocenters. The molecule has 96 valence electrons. The average molecular weight is 238 g/mol. The van der Waals surface area contributed by atoms with E-state index in [-0.39, 0.29) is 0 Å². The molecule has 0 saturated heterocycles. The molecular formula is C11H22N6. The maximum Gasteiger partial charge on any atom is 0.145 e. The molecule has 0 fully saturated rings. The molecule has 17 heavy (non-hydrogen) atoms. The Labute approximate surface area is 103 Å². The van der Waals surface area contributed by atoms with Crippen molar-refractivity contribution in [2.45, 2.75) is 20.3 Å². The molecule has 0 aliphatic heterocycles. The number of rotatable bonds is 7. The number of hydrazine groups is 1. The highest BCUT2D eigenvalue weighted by Gasteiger charge is 2.02. The molecule has 6 nitrogen and oxygen atoms in total. The van der Waals surface area contributed by atoms with Gasteiger partial charge >= 0.3 is 0 Å². The molecule has 0 radical (unpaired) electrons. The molecule has 0 aliphatic rings. The zero-order valence-corrected chi connectivity index (χ0v) is 10.8. The number of nitrogen functional groups attached to an aromatic ring is 1. The van der Waals surface area contributed by atoms with E-state index in [2.05, 4.69) is 39.6 Å². The molecule has 4 N–H and O–H groups in total. The lowest BCUT2D eigenvalue weighted by atomic mass is 10.4. The minimum absolute atomic E-state index is 0.642. The standard InChI is InChI=1S/C11H22N6/c1-4-9-14-10(8-11(15-9)16-12)13-6-7-17(3)5-2/h8H,4-7,12H2,1-3H3,(H2,13,14,15,16). The number of nitrogens with two attached hydrogens (primary N) is 1. The van der Waals surface area contributed by atoms with E-state index in [0.717, 1.165) is 37.7 Å². The quantitative estimate of drug-likeness (QED) is 0.479. The Morgan fingerprint density at radius 1 is 1.29 bits per heavy atom. The Morgan fingerprint density at radius 3 is 2.59 bits per heavy atom. The van der Waals surface area contributed by atoms with Crippen molar-refractivity contribution in [2.24, 2.45) is 5.84 Å².